The summed E-state index contributed by atoms with van der Waals surface area (Å²) in [6, 6.07) is 88.2. The van der Waals surface area contributed by atoms with Crippen molar-refractivity contribution in [2.45, 2.75) is 187 Å². The number of aryl methyl sites for hydroxylation is 22. The minimum atomic E-state index is 0.881. The Hall–Kier alpha value is -11.3. The summed E-state index contributed by atoms with van der Waals surface area (Å²) in [4.78, 5) is 6.89. The monoisotopic (exact) mass is 1870 g/mol. The SMILES string of the molecule is CC1=[N+](c2c(C)cccc2C)CSC(c2c(-c3ccccc3)cc(-c3ccccc3)cc2-c2ccccc2)=C1.CC1=[N+](c2c(C)cccc2C)CSC(c2c(C)cc(C)cc2C)=C1.CC1=[N+](c2c(C)cccc2C)CSC(c2c(C)cc(C)cc2C)=C1.CC1=[N+](c2c(C)cccc2C)CSC(c2c(C)cc(C)cc2C)=C1.CC1=[N+](c2c(C)cccc2C)CSC(c2c(C)cc(C)cc2C)=C1. The van der Waals surface area contributed by atoms with Crippen molar-refractivity contribution in [3.63, 3.8) is 0 Å². The molecule has 0 saturated heterocycles. The first kappa shape index (κ1) is 99.6. The van der Waals surface area contributed by atoms with E-state index in [-0.39, 0.29) is 0 Å². The van der Waals surface area contributed by atoms with Crippen LogP contribution in [0.5, 0.6) is 0 Å². The summed E-state index contributed by atoms with van der Waals surface area (Å²) in [5.41, 5.74) is 57.4. The van der Waals surface area contributed by atoms with Crippen LogP contribution in [-0.2, 0) is 0 Å². The zero-order valence-electron chi connectivity index (χ0n) is 84.8. The predicted octanol–water partition coefficient (Wildman–Crippen LogP) is 34.5. The van der Waals surface area contributed by atoms with E-state index in [9.17, 15) is 0 Å². The van der Waals surface area contributed by atoms with Crippen LogP contribution in [-0.4, -0.2) is 80.8 Å². The van der Waals surface area contributed by atoms with Gasteiger partial charge in [-0.25, -0.2) is 0 Å². The molecule has 10 heteroatoms. The third kappa shape index (κ3) is 22.8. The normalized spacial score (nSPS) is 14.4. The van der Waals surface area contributed by atoms with Crippen molar-refractivity contribution < 1.29 is 22.9 Å². The van der Waals surface area contributed by atoms with E-state index in [2.05, 4.69) is 483 Å². The summed E-state index contributed by atoms with van der Waals surface area (Å²) in [5, 5.41) is 0. The summed E-state index contributed by atoms with van der Waals surface area (Å²) in [5.74, 6) is 4.75. The molecule has 135 heavy (non-hydrogen) atoms. The Labute approximate surface area is 829 Å². The van der Waals surface area contributed by atoms with Gasteiger partial charge in [0.25, 0.3) is 0 Å². The highest BCUT2D eigenvalue weighted by molar-refractivity contribution is 8.09. The molecule has 0 aromatic heterocycles. The lowest BCUT2D eigenvalue weighted by atomic mass is 9.87. The van der Waals surface area contributed by atoms with Gasteiger partial charge in [-0.15, -0.1) is 0 Å². The molecule has 5 aliphatic heterocycles. The van der Waals surface area contributed by atoms with Crippen LogP contribution in [0.2, 0.25) is 0 Å². The van der Waals surface area contributed by atoms with E-state index in [1.165, 1.54) is 265 Å². The van der Waals surface area contributed by atoms with Gasteiger partial charge in [0.2, 0.25) is 28.4 Å². The lowest BCUT2D eigenvalue weighted by molar-refractivity contribution is -0.417. The molecule has 5 nitrogen and oxygen atoms in total. The van der Waals surface area contributed by atoms with Crippen molar-refractivity contribution in [2.24, 2.45) is 0 Å². The minimum Gasteiger partial charge on any atom is -0.186 e. The van der Waals surface area contributed by atoms with Gasteiger partial charge >= 0.3 is 0 Å². The molecular weight excluding hydrogens is 1730 g/mol. The van der Waals surface area contributed by atoms with E-state index in [4.69, 9.17) is 0 Å². The summed E-state index contributed by atoms with van der Waals surface area (Å²) in [6.07, 6.45) is 11.8. The van der Waals surface area contributed by atoms with Crippen molar-refractivity contribution in [2.75, 3.05) is 29.4 Å². The molecule has 0 unspecified atom stereocenters. The first-order valence-corrected chi connectivity index (χ1v) is 52.3. The van der Waals surface area contributed by atoms with E-state index in [1.54, 1.807) is 0 Å². The Morgan fingerprint density at radius 3 is 0.511 bits per heavy atom. The molecule has 0 bridgehead atoms. The van der Waals surface area contributed by atoms with Crippen LogP contribution in [0.1, 0.15) is 185 Å². The molecule has 0 amide bonds. The molecule has 0 spiro atoms. The minimum absolute atomic E-state index is 0.881. The second-order valence-corrected chi connectivity index (χ2v) is 42.5. The Bertz CT molecular complexity index is 6270. The molecule has 5 heterocycles. The van der Waals surface area contributed by atoms with Crippen LogP contribution < -0.4 is 0 Å². The molecule has 13 aromatic carbocycles. The molecule has 0 aliphatic carbocycles. The molecule has 5 aliphatic rings. The highest BCUT2D eigenvalue weighted by Gasteiger charge is 2.33. The lowest BCUT2D eigenvalue weighted by Gasteiger charge is -2.22. The fraction of sp³-hybridized carbons (Fsp3) is 0.256. The smallest absolute Gasteiger partial charge is 0.186 e. The van der Waals surface area contributed by atoms with Gasteiger partial charge in [0.15, 0.2) is 57.9 Å². The standard InChI is InChI=1S/C37H32NS.4C22H26NS/c1-26-14-13-15-27(2)37(26)38-25-39-35(22-28(38)3)36-33(30-18-9-5-10-19-30)23-32(29-16-7-4-8-17-29)24-34(36)31-20-11-6-12-21-31;4*1-14-10-17(4)21(18(5)11-14)20-12-19(6)23(13-24-20)22-15(2)8-7-9-16(22)3/h4-24H,25H2,1-3H3;4*7-12H,13H2,1-6H3/q5*+1. The first-order valence-electron chi connectivity index (χ1n) is 47.4. The number of hydrogen-bond donors (Lipinski definition) is 0. The van der Waals surface area contributed by atoms with Gasteiger partial charge in [-0.3, -0.25) is 0 Å². The molecule has 0 saturated carbocycles. The van der Waals surface area contributed by atoms with Crippen LogP contribution in [0.15, 0.2) is 273 Å². The molecule has 13 aromatic rings. The zero-order valence-corrected chi connectivity index (χ0v) is 88.9. The van der Waals surface area contributed by atoms with Crippen LogP contribution in [0.4, 0.5) is 28.4 Å². The number of rotatable bonds is 13. The van der Waals surface area contributed by atoms with Gasteiger partial charge in [0, 0.05) is 151 Å². The van der Waals surface area contributed by atoms with Crippen LogP contribution in [0.25, 0.3) is 57.9 Å². The number of allylic oxidation sites excluding steroid dienone is 5. The van der Waals surface area contributed by atoms with E-state index < -0.39 is 0 Å². The Morgan fingerprint density at radius 2 is 0.333 bits per heavy atom. The van der Waals surface area contributed by atoms with E-state index in [0.717, 1.165) is 29.4 Å². The van der Waals surface area contributed by atoms with Gasteiger partial charge in [-0.05, 0) is 265 Å². The maximum absolute atomic E-state index is 2.46. The quantitative estimate of drug-likeness (QED) is 0.107. The van der Waals surface area contributed by atoms with Gasteiger partial charge in [0.05, 0.1) is 0 Å². The summed E-state index contributed by atoms with van der Waals surface area (Å²) >= 11 is 9.69. The highest BCUT2D eigenvalue weighted by atomic mass is 32.2. The number of benzene rings is 13. The first-order chi connectivity index (χ1) is 64.6. The predicted molar refractivity (Wildman–Crippen MR) is 600 cm³/mol. The number of para-hydroxylation sites is 5. The Morgan fingerprint density at radius 1 is 0.163 bits per heavy atom. The summed E-state index contributed by atoms with van der Waals surface area (Å²) in [7, 11) is 0. The third-order valence-corrected chi connectivity index (χ3v) is 31.6. The van der Waals surface area contributed by atoms with E-state index in [1.807, 2.05) is 58.8 Å². The summed E-state index contributed by atoms with van der Waals surface area (Å²) in [6.45, 7) is 59.7. The van der Waals surface area contributed by atoms with Crippen molar-refractivity contribution in [3.05, 3.63) is 423 Å². The molecule has 0 N–H and O–H groups in total. The second kappa shape index (κ2) is 44.2. The van der Waals surface area contributed by atoms with Crippen molar-refractivity contribution in [1.29, 1.82) is 0 Å². The van der Waals surface area contributed by atoms with Gasteiger partial charge in [-0.1, -0.05) is 312 Å². The van der Waals surface area contributed by atoms with E-state index >= 15 is 0 Å². The maximum atomic E-state index is 2.46. The Kier molecular flexibility index (Phi) is 32.6. The Balaban J connectivity index is 0.000000138. The largest absolute Gasteiger partial charge is 0.211 e. The topological polar surface area (TPSA) is 15.0 Å². The van der Waals surface area contributed by atoms with Gasteiger partial charge < -0.3 is 0 Å². The molecule has 0 atom stereocenters. The molecule has 0 fully saturated rings. The fourth-order valence-electron chi connectivity index (χ4n) is 20.5. The fourth-order valence-corrected chi connectivity index (χ4v) is 27.0. The lowest BCUT2D eigenvalue weighted by Crippen LogP contribution is -2.18. The molecule has 0 radical (unpaired) electrons. The van der Waals surface area contributed by atoms with Crippen molar-refractivity contribution >= 4 is 140 Å². The zero-order chi connectivity index (χ0) is 96.5. The second-order valence-electron chi connectivity index (χ2n) is 37.6. The van der Waals surface area contributed by atoms with Crippen LogP contribution in [0.3, 0.4) is 0 Å². The molecule has 686 valence electrons. The van der Waals surface area contributed by atoms with E-state index in [0.29, 0.717) is 0 Å². The number of nitrogens with zero attached hydrogens (tertiary/aromatic N) is 5. The van der Waals surface area contributed by atoms with Crippen molar-refractivity contribution in [3.8, 4) is 33.4 Å². The van der Waals surface area contributed by atoms with Crippen LogP contribution >= 0.6 is 58.8 Å². The molecule has 18 rings (SSSR count). The highest BCUT2D eigenvalue weighted by Crippen LogP contribution is 2.49. The number of hydrogen-bond acceptors (Lipinski definition) is 5. The average Bonchev–Trinajstić information content (AvgIpc) is 0.752. The number of thioether (sulfide) groups is 5. The van der Waals surface area contributed by atoms with Crippen LogP contribution in [0, 0.1) is 152 Å². The van der Waals surface area contributed by atoms with Gasteiger partial charge in [0.1, 0.15) is 0 Å². The van der Waals surface area contributed by atoms with Gasteiger partial charge in [-0.2, -0.15) is 22.9 Å². The summed E-state index contributed by atoms with van der Waals surface area (Å²) < 4.78 is 12.2. The maximum Gasteiger partial charge on any atom is 0.211 e. The average molecular weight is 1870 g/mol. The molecular formula is C125H136N5S5+5. The third-order valence-electron chi connectivity index (χ3n) is 26.5. The van der Waals surface area contributed by atoms with Crippen molar-refractivity contribution in [1.82, 2.24) is 0 Å².